The Morgan fingerprint density at radius 3 is 2.76 bits per heavy atom. The van der Waals surface area contributed by atoms with Gasteiger partial charge in [-0.05, 0) is 38.4 Å². The number of piperidine rings is 1. The number of imide groups is 1. The number of nitrogens with zero attached hydrogens (tertiary/aromatic N) is 3. The van der Waals surface area contributed by atoms with E-state index >= 15 is 0 Å². The van der Waals surface area contributed by atoms with Crippen LogP contribution in [-0.2, 0) is 4.79 Å². The van der Waals surface area contributed by atoms with Crippen molar-refractivity contribution in [3.05, 3.63) is 18.5 Å². The van der Waals surface area contributed by atoms with E-state index in [-0.39, 0.29) is 18.0 Å². The first-order valence-corrected chi connectivity index (χ1v) is 7.50. The molecular formula is C14H21N5O2. The van der Waals surface area contributed by atoms with E-state index in [1.54, 1.807) is 6.20 Å². The molecule has 0 unspecified atom stereocenters. The minimum absolute atomic E-state index is 0.0200. The van der Waals surface area contributed by atoms with Crippen LogP contribution in [0.4, 0.5) is 4.79 Å². The SMILES string of the molecule is CC[C@@H](CN1C(=O)NC2(CCNCC2)C1=O)n1cccn1. The van der Waals surface area contributed by atoms with E-state index in [9.17, 15) is 9.59 Å². The highest BCUT2D eigenvalue weighted by Crippen LogP contribution is 2.28. The zero-order chi connectivity index (χ0) is 14.9. The minimum Gasteiger partial charge on any atom is -0.323 e. The fourth-order valence-corrected chi connectivity index (χ4v) is 3.14. The lowest BCUT2D eigenvalue weighted by atomic mass is 9.88. The van der Waals surface area contributed by atoms with Crippen LogP contribution in [0, 0.1) is 0 Å². The van der Waals surface area contributed by atoms with Gasteiger partial charge in [0, 0.05) is 12.4 Å². The molecule has 21 heavy (non-hydrogen) atoms. The van der Waals surface area contributed by atoms with Crippen molar-refractivity contribution in [2.24, 2.45) is 0 Å². The molecule has 2 fully saturated rings. The largest absolute Gasteiger partial charge is 0.325 e. The topological polar surface area (TPSA) is 79.3 Å². The first-order chi connectivity index (χ1) is 10.2. The van der Waals surface area contributed by atoms with Gasteiger partial charge in [-0.2, -0.15) is 5.10 Å². The van der Waals surface area contributed by atoms with Crippen LogP contribution in [0.5, 0.6) is 0 Å². The van der Waals surface area contributed by atoms with Crippen LogP contribution in [0.1, 0.15) is 32.2 Å². The van der Waals surface area contributed by atoms with E-state index in [0.29, 0.717) is 19.4 Å². The number of hydrogen-bond donors (Lipinski definition) is 2. The summed E-state index contributed by atoms with van der Waals surface area (Å²) in [6, 6.07) is 1.60. The summed E-state index contributed by atoms with van der Waals surface area (Å²) in [7, 11) is 0. The van der Waals surface area contributed by atoms with Crippen molar-refractivity contribution < 1.29 is 9.59 Å². The number of carbonyl (C=O) groups excluding carboxylic acids is 2. The Morgan fingerprint density at radius 1 is 1.38 bits per heavy atom. The molecule has 1 aromatic heterocycles. The molecule has 3 heterocycles. The molecule has 2 N–H and O–H groups in total. The highest BCUT2D eigenvalue weighted by molar-refractivity contribution is 6.07. The van der Waals surface area contributed by atoms with Crippen LogP contribution in [0.25, 0.3) is 0 Å². The number of urea groups is 1. The molecule has 1 atom stereocenters. The highest BCUT2D eigenvalue weighted by atomic mass is 16.2. The second-order valence-electron chi connectivity index (χ2n) is 5.73. The molecule has 114 valence electrons. The molecule has 0 bridgehead atoms. The Labute approximate surface area is 123 Å². The smallest absolute Gasteiger partial charge is 0.323 e. The quantitative estimate of drug-likeness (QED) is 0.792. The molecule has 2 saturated heterocycles. The maximum Gasteiger partial charge on any atom is 0.325 e. The Balaban J connectivity index is 1.76. The molecule has 0 radical (unpaired) electrons. The van der Waals surface area contributed by atoms with E-state index in [0.717, 1.165) is 19.5 Å². The third-order valence-corrected chi connectivity index (χ3v) is 4.47. The van der Waals surface area contributed by atoms with Crippen molar-refractivity contribution in [3.8, 4) is 0 Å². The average molecular weight is 291 g/mol. The normalized spacial score (nSPS) is 22.6. The molecule has 0 aliphatic carbocycles. The Hall–Kier alpha value is -1.89. The summed E-state index contributed by atoms with van der Waals surface area (Å²) in [6.07, 6.45) is 5.71. The van der Waals surface area contributed by atoms with Gasteiger partial charge in [-0.3, -0.25) is 14.4 Å². The van der Waals surface area contributed by atoms with Gasteiger partial charge in [0.2, 0.25) is 0 Å². The highest BCUT2D eigenvalue weighted by Gasteiger charge is 2.51. The molecule has 3 rings (SSSR count). The van der Waals surface area contributed by atoms with Gasteiger partial charge < -0.3 is 10.6 Å². The predicted octanol–water partition coefficient (Wildman–Crippen LogP) is 0.508. The lowest BCUT2D eigenvalue weighted by molar-refractivity contribution is -0.132. The van der Waals surface area contributed by atoms with E-state index in [1.807, 2.05) is 23.9 Å². The zero-order valence-corrected chi connectivity index (χ0v) is 12.2. The molecule has 7 heteroatoms. The van der Waals surface area contributed by atoms with Gasteiger partial charge in [-0.1, -0.05) is 6.92 Å². The number of rotatable bonds is 4. The van der Waals surface area contributed by atoms with Crippen molar-refractivity contribution in [1.82, 2.24) is 25.3 Å². The van der Waals surface area contributed by atoms with E-state index in [2.05, 4.69) is 15.7 Å². The number of carbonyl (C=O) groups is 2. The summed E-state index contributed by atoms with van der Waals surface area (Å²) in [5.74, 6) is -0.0837. The first-order valence-electron chi connectivity index (χ1n) is 7.50. The van der Waals surface area contributed by atoms with Gasteiger partial charge in [0.25, 0.3) is 5.91 Å². The number of nitrogens with one attached hydrogen (secondary N) is 2. The van der Waals surface area contributed by atoms with E-state index in [4.69, 9.17) is 0 Å². The molecule has 0 aromatic carbocycles. The summed E-state index contributed by atoms with van der Waals surface area (Å²) in [4.78, 5) is 26.3. The van der Waals surface area contributed by atoms with Crippen molar-refractivity contribution in [2.45, 2.75) is 37.8 Å². The Morgan fingerprint density at radius 2 is 2.14 bits per heavy atom. The van der Waals surface area contributed by atoms with Crippen LogP contribution < -0.4 is 10.6 Å². The third kappa shape index (κ3) is 2.42. The molecule has 2 aliphatic heterocycles. The van der Waals surface area contributed by atoms with Crippen LogP contribution in [0.15, 0.2) is 18.5 Å². The lowest BCUT2D eigenvalue weighted by Crippen LogP contribution is -2.54. The molecule has 3 amide bonds. The third-order valence-electron chi connectivity index (χ3n) is 4.47. The molecule has 2 aliphatic rings. The summed E-state index contributed by atoms with van der Waals surface area (Å²) < 4.78 is 1.81. The summed E-state index contributed by atoms with van der Waals surface area (Å²) in [5.41, 5.74) is -0.690. The first kappa shape index (κ1) is 14.1. The van der Waals surface area contributed by atoms with Gasteiger partial charge in [0.05, 0.1) is 12.6 Å². The van der Waals surface area contributed by atoms with Crippen molar-refractivity contribution in [2.75, 3.05) is 19.6 Å². The maximum atomic E-state index is 12.7. The van der Waals surface area contributed by atoms with Crippen LogP contribution >= 0.6 is 0 Å². The maximum absolute atomic E-state index is 12.7. The number of hydrogen-bond acceptors (Lipinski definition) is 4. The summed E-state index contributed by atoms with van der Waals surface area (Å²) >= 11 is 0. The fraction of sp³-hybridized carbons (Fsp3) is 0.643. The summed E-state index contributed by atoms with van der Waals surface area (Å²) in [6.45, 7) is 3.93. The summed E-state index contributed by atoms with van der Waals surface area (Å²) in [5, 5.41) is 10.4. The van der Waals surface area contributed by atoms with Crippen LogP contribution in [-0.4, -0.2) is 51.8 Å². The Bertz CT molecular complexity index is 521. The molecule has 0 saturated carbocycles. The van der Waals surface area contributed by atoms with Crippen molar-refractivity contribution in [3.63, 3.8) is 0 Å². The van der Waals surface area contributed by atoms with Crippen LogP contribution in [0.2, 0.25) is 0 Å². The van der Waals surface area contributed by atoms with Gasteiger partial charge in [0.15, 0.2) is 0 Å². The molecular weight excluding hydrogens is 270 g/mol. The van der Waals surface area contributed by atoms with Crippen molar-refractivity contribution in [1.29, 1.82) is 0 Å². The Kier molecular flexibility index (Phi) is 3.67. The van der Waals surface area contributed by atoms with Gasteiger partial charge in [-0.25, -0.2) is 4.79 Å². The molecule has 1 spiro atoms. The average Bonchev–Trinajstić information content (AvgIpc) is 3.08. The second kappa shape index (κ2) is 5.48. The van der Waals surface area contributed by atoms with Gasteiger partial charge in [-0.15, -0.1) is 0 Å². The predicted molar refractivity (Wildman–Crippen MR) is 76.6 cm³/mol. The minimum atomic E-state index is -0.690. The standard InChI is InChI=1S/C14H21N5O2/c1-2-11(19-9-3-6-16-19)10-18-12(20)14(17-13(18)21)4-7-15-8-5-14/h3,6,9,11,15H,2,4-5,7-8,10H2,1H3,(H,17,21)/t11-/m0/s1. The second-order valence-corrected chi connectivity index (χ2v) is 5.73. The van der Waals surface area contributed by atoms with E-state index in [1.165, 1.54) is 4.90 Å². The fourth-order valence-electron chi connectivity index (χ4n) is 3.14. The van der Waals surface area contributed by atoms with Gasteiger partial charge >= 0.3 is 6.03 Å². The van der Waals surface area contributed by atoms with Gasteiger partial charge in [0.1, 0.15) is 5.54 Å². The van der Waals surface area contributed by atoms with Crippen molar-refractivity contribution >= 4 is 11.9 Å². The molecule has 7 nitrogen and oxygen atoms in total. The number of aromatic nitrogens is 2. The number of amides is 3. The zero-order valence-electron chi connectivity index (χ0n) is 12.2. The van der Waals surface area contributed by atoms with E-state index < -0.39 is 5.54 Å². The lowest BCUT2D eigenvalue weighted by Gasteiger charge is -2.31. The van der Waals surface area contributed by atoms with Crippen LogP contribution in [0.3, 0.4) is 0 Å². The molecule has 1 aromatic rings. The monoisotopic (exact) mass is 291 g/mol.